The van der Waals surface area contributed by atoms with Crippen LogP contribution < -0.4 is 5.32 Å². The van der Waals surface area contributed by atoms with Gasteiger partial charge in [0.05, 0.1) is 6.21 Å². The van der Waals surface area contributed by atoms with E-state index in [0.717, 1.165) is 5.56 Å². The third-order valence-corrected chi connectivity index (χ3v) is 3.08. The maximum Gasteiger partial charge on any atom is 0.144 e. The van der Waals surface area contributed by atoms with Gasteiger partial charge in [-0.3, -0.25) is 0 Å². The number of hydrogen-bond donors (Lipinski definition) is 2. The predicted octanol–water partition coefficient (Wildman–Crippen LogP) is 2.97. The first-order chi connectivity index (χ1) is 10.1. The van der Waals surface area contributed by atoms with Gasteiger partial charge in [0.2, 0.25) is 0 Å². The number of halogens is 1. The molecule has 1 unspecified atom stereocenters. The standard InChI is InChI=1S/C17H22N2O2.ClH/c1-13(2)18-11-17(20)12-21-19-10-14-7-8-15-5-3-4-6-16(15)9-14;/h3-10,13,17-18,20H,11-12H2,1-2H3;1H/b19-10-;. The molecule has 0 radical (unpaired) electrons. The van der Waals surface area contributed by atoms with Gasteiger partial charge in [-0.05, 0) is 22.4 Å². The molecule has 1 atom stereocenters. The average Bonchev–Trinajstić information content (AvgIpc) is 2.49. The molecule has 4 nitrogen and oxygen atoms in total. The Morgan fingerprint density at radius 1 is 1.18 bits per heavy atom. The van der Waals surface area contributed by atoms with Gasteiger partial charge in [-0.2, -0.15) is 0 Å². The van der Waals surface area contributed by atoms with E-state index in [1.165, 1.54) is 10.8 Å². The predicted molar refractivity (Wildman–Crippen MR) is 93.9 cm³/mol. The van der Waals surface area contributed by atoms with E-state index in [9.17, 15) is 5.11 Å². The molecule has 2 aromatic rings. The molecule has 0 heterocycles. The zero-order chi connectivity index (χ0) is 15.1. The number of benzene rings is 2. The molecule has 0 spiro atoms. The molecule has 0 bridgehead atoms. The van der Waals surface area contributed by atoms with Gasteiger partial charge in [0.15, 0.2) is 0 Å². The highest BCUT2D eigenvalue weighted by atomic mass is 35.5. The Morgan fingerprint density at radius 3 is 2.64 bits per heavy atom. The Kier molecular flexibility index (Phi) is 7.88. The summed E-state index contributed by atoms with van der Waals surface area (Å²) in [5, 5.41) is 19.1. The molecule has 0 saturated heterocycles. The van der Waals surface area contributed by atoms with Crippen molar-refractivity contribution in [3.63, 3.8) is 0 Å². The average molecular weight is 323 g/mol. The lowest BCUT2D eigenvalue weighted by Crippen LogP contribution is -2.34. The molecule has 0 aromatic heterocycles. The molecule has 2 rings (SSSR count). The first kappa shape index (κ1) is 18.4. The fraction of sp³-hybridized carbons (Fsp3) is 0.353. The summed E-state index contributed by atoms with van der Waals surface area (Å²) in [6.45, 7) is 4.75. The lowest BCUT2D eigenvalue weighted by Gasteiger charge is -2.12. The first-order valence-corrected chi connectivity index (χ1v) is 7.21. The highest BCUT2D eigenvalue weighted by Crippen LogP contribution is 2.14. The Balaban J connectivity index is 0.00000242. The molecule has 5 heteroatoms. The minimum Gasteiger partial charge on any atom is -0.393 e. The number of aliphatic hydroxyl groups excluding tert-OH is 1. The summed E-state index contributed by atoms with van der Waals surface area (Å²) in [5.41, 5.74) is 0.975. The molecule has 22 heavy (non-hydrogen) atoms. The van der Waals surface area contributed by atoms with E-state index in [4.69, 9.17) is 4.84 Å². The third-order valence-electron chi connectivity index (χ3n) is 3.08. The van der Waals surface area contributed by atoms with Crippen molar-refractivity contribution >= 4 is 29.4 Å². The zero-order valence-electron chi connectivity index (χ0n) is 12.9. The zero-order valence-corrected chi connectivity index (χ0v) is 13.7. The number of fused-ring (bicyclic) bond motifs is 1. The Bertz CT molecular complexity index is 602. The van der Waals surface area contributed by atoms with Crippen LogP contribution in [0.2, 0.25) is 0 Å². The van der Waals surface area contributed by atoms with Crippen molar-refractivity contribution in [2.45, 2.75) is 26.0 Å². The van der Waals surface area contributed by atoms with Gasteiger partial charge < -0.3 is 15.3 Å². The largest absolute Gasteiger partial charge is 0.393 e. The number of hydrogen-bond acceptors (Lipinski definition) is 4. The maximum atomic E-state index is 9.68. The molecule has 0 amide bonds. The second kappa shape index (κ2) is 9.41. The minimum atomic E-state index is -0.554. The van der Waals surface area contributed by atoms with Crippen LogP contribution in [-0.2, 0) is 4.84 Å². The summed E-state index contributed by atoms with van der Waals surface area (Å²) in [7, 11) is 0. The van der Waals surface area contributed by atoms with E-state index >= 15 is 0 Å². The monoisotopic (exact) mass is 322 g/mol. The fourth-order valence-electron chi connectivity index (χ4n) is 1.95. The lowest BCUT2D eigenvalue weighted by molar-refractivity contribution is 0.0401. The van der Waals surface area contributed by atoms with Crippen LogP contribution in [0.3, 0.4) is 0 Å². The Labute approximate surface area is 137 Å². The van der Waals surface area contributed by atoms with Crippen molar-refractivity contribution in [2.24, 2.45) is 5.16 Å². The minimum absolute atomic E-state index is 0. The maximum absolute atomic E-state index is 9.68. The van der Waals surface area contributed by atoms with Crippen LogP contribution in [0.15, 0.2) is 47.6 Å². The molecule has 0 aliphatic heterocycles. The van der Waals surface area contributed by atoms with Crippen molar-refractivity contribution in [1.82, 2.24) is 5.32 Å². The van der Waals surface area contributed by atoms with E-state index in [1.54, 1.807) is 6.21 Å². The van der Waals surface area contributed by atoms with Crippen LogP contribution in [0.5, 0.6) is 0 Å². The summed E-state index contributed by atoms with van der Waals surface area (Å²) in [5.74, 6) is 0. The van der Waals surface area contributed by atoms with Gasteiger partial charge >= 0.3 is 0 Å². The number of nitrogens with one attached hydrogen (secondary N) is 1. The molecule has 2 aromatic carbocycles. The summed E-state index contributed by atoms with van der Waals surface area (Å²) in [6.07, 6.45) is 1.11. The van der Waals surface area contributed by atoms with Crippen LogP contribution >= 0.6 is 12.4 Å². The molecule has 0 aliphatic rings. The third kappa shape index (κ3) is 6.02. The van der Waals surface area contributed by atoms with E-state index < -0.39 is 6.10 Å². The quantitative estimate of drug-likeness (QED) is 0.608. The second-order valence-electron chi connectivity index (χ2n) is 5.35. The molecule has 0 fully saturated rings. The smallest absolute Gasteiger partial charge is 0.144 e. The highest BCUT2D eigenvalue weighted by molar-refractivity contribution is 5.90. The van der Waals surface area contributed by atoms with Crippen LogP contribution in [0.25, 0.3) is 10.8 Å². The summed E-state index contributed by atoms with van der Waals surface area (Å²) in [4.78, 5) is 5.12. The normalized spacial score (nSPS) is 12.5. The molecular formula is C17H23ClN2O2. The number of rotatable bonds is 7. The van der Waals surface area contributed by atoms with Crippen molar-refractivity contribution in [3.05, 3.63) is 48.0 Å². The summed E-state index contributed by atoms with van der Waals surface area (Å²) < 4.78 is 0. The number of oxime groups is 1. The van der Waals surface area contributed by atoms with Gasteiger partial charge in [0.1, 0.15) is 12.7 Å². The van der Waals surface area contributed by atoms with Crippen molar-refractivity contribution in [3.8, 4) is 0 Å². The molecule has 120 valence electrons. The summed E-state index contributed by atoms with van der Waals surface area (Å²) in [6, 6.07) is 14.6. The highest BCUT2D eigenvalue weighted by Gasteiger charge is 2.04. The molecular weight excluding hydrogens is 300 g/mol. The Hall–Kier alpha value is -1.62. The van der Waals surface area contributed by atoms with Crippen LogP contribution in [-0.4, -0.2) is 36.6 Å². The Morgan fingerprint density at radius 2 is 1.91 bits per heavy atom. The molecule has 2 N–H and O–H groups in total. The van der Waals surface area contributed by atoms with Crippen LogP contribution in [0.4, 0.5) is 0 Å². The SMILES string of the molecule is CC(C)NCC(O)CO/N=C\c1ccc2ccccc2c1.Cl. The van der Waals surface area contributed by atoms with Gasteiger partial charge in [0, 0.05) is 12.6 Å². The van der Waals surface area contributed by atoms with Gasteiger partial charge in [-0.25, -0.2) is 0 Å². The van der Waals surface area contributed by atoms with Gasteiger partial charge in [-0.1, -0.05) is 55.4 Å². The first-order valence-electron chi connectivity index (χ1n) is 7.21. The van der Waals surface area contributed by atoms with Crippen LogP contribution in [0.1, 0.15) is 19.4 Å². The number of aliphatic hydroxyl groups is 1. The topological polar surface area (TPSA) is 53.8 Å². The van der Waals surface area contributed by atoms with Gasteiger partial charge in [-0.15, -0.1) is 12.4 Å². The van der Waals surface area contributed by atoms with E-state index in [1.807, 2.05) is 32.0 Å². The van der Waals surface area contributed by atoms with E-state index in [0.29, 0.717) is 12.6 Å². The van der Waals surface area contributed by atoms with Gasteiger partial charge in [0.25, 0.3) is 0 Å². The van der Waals surface area contributed by atoms with Crippen molar-refractivity contribution < 1.29 is 9.94 Å². The van der Waals surface area contributed by atoms with E-state index in [-0.39, 0.29) is 19.0 Å². The summed E-state index contributed by atoms with van der Waals surface area (Å²) >= 11 is 0. The fourth-order valence-corrected chi connectivity index (χ4v) is 1.95. The number of nitrogens with zero attached hydrogens (tertiary/aromatic N) is 1. The van der Waals surface area contributed by atoms with Crippen molar-refractivity contribution in [2.75, 3.05) is 13.2 Å². The molecule has 0 aliphatic carbocycles. The van der Waals surface area contributed by atoms with Crippen LogP contribution in [0, 0.1) is 0 Å². The second-order valence-corrected chi connectivity index (χ2v) is 5.35. The lowest BCUT2D eigenvalue weighted by atomic mass is 10.1. The van der Waals surface area contributed by atoms with E-state index in [2.05, 4.69) is 34.7 Å². The van der Waals surface area contributed by atoms with Crippen molar-refractivity contribution in [1.29, 1.82) is 0 Å². The molecule has 0 saturated carbocycles.